The zero-order valence-corrected chi connectivity index (χ0v) is 11.7. The lowest BCUT2D eigenvalue weighted by molar-refractivity contribution is 0.0594. The van der Waals surface area contributed by atoms with Crippen LogP contribution in [0.5, 0.6) is 11.8 Å². The highest BCUT2D eigenvalue weighted by Gasteiger charge is 2.11. The zero-order chi connectivity index (χ0) is 15.4. The Bertz CT molecular complexity index is 769. The van der Waals surface area contributed by atoms with Crippen molar-refractivity contribution in [2.24, 2.45) is 0 Å². The van der Waals surface area contributed by atoms with Gasteiger partial charge in [-0.1, -0.05) is 18.2 Å². The molecule has 0 atom stereocenters. The van der Waals surface area contributed by atoms with Gasteiger partial charge in [0.2, 0.25) is 0 Å². The number of hydrogen-bond donors (Lipinski definition) is 1. The molecule has 0 bridgehead atoms. The molecule has 3 rings (SSSR count). The first kappa shape index (κ1) is 13.7. The summed E-state index contributed by atoms with van der Waals surface area (Å²) in [6.07, 6.45) is 3.14. The van der Waals surface area contributed by atoms with Gasteiger partial charge in [-0.2, -0.15) is 5.10 Å². The Labute approximate surface area is 126 Å². The van der Waals surface area contributed by atoms with Crippen LogP contribution in [0.25, 0.3) is 11.3 Å². The molecule has 7 nitrogen and oxygen atoms in total. The number of carbonyl (C=O) groups is 1. The van der Waals surface area contributed by atoms with Crippen LogP contribution in [0, 0.1) is 0 Å². The molecule has 2 heterocycles. The number of benzene rings is 1. The summed E-state index contributed by atoms with van der Waals surface area (Å²) in [4.78, 5) is 19.6. The standard InChI is InChI=1S/C15H12N4O3/c1-21-14(20)13-7-12(18-19-13)10-8-16-15(17-9-10)22-11-5-3-2-4-6-11/h2-9H,1H3,(H,18,19). The van der Waals surface area contributed by atoms with Crippen molar-refractivity contribution in [1.29, 1.82) is 0 Å². The van der Waals surface area contributed by atoms with Gasteiger partial charge >= 0.3 is 12.0 Å². The summed E-state index contributed by atoms with van der Waals surface area (Å²) in [5, 5.41) is 6.62. The van der Waals surface area contributed by atoms with Crippen LogP contribution >= 0.6 is 0 Å². The lowest BCUT2D eigenvalue weighted by Crippen LogP contribution is -2.00. The first-order chi connectivity index (χ1) is 10.8. The number of ether oxygens (including phenoxy) is 2. The Hall–Kier alpha value is -3.22. The fourth-order valence-corrected chi connectivity index (χ4v) is 1.78. The smallest absolute Gasteiger partial charge is 0.356 e. The molecular weight excluding hydrogens is 284 g/mol. The van der Waals surface area contributed by atoms with Crippen LogP contribution in [-0.2, 0) is 4.74 Å². The molecule has 2 aromatic heterocycles. The molecule has 7 heteroatoms. The molecule has 0 radical (unpaired) electrons. The van der Waals surface area contributed by atoms with E-state index in [0.717, 1.165) is 0 Å². The van der Waals surface area contributed by atoms with Crippen LogP contribution in [0.1, 0.15) is 10.5 Å². The first-order valence-corrected chi connectivity index (χ1v) is 6.45. The van der Waals surface area contributed by atoms with E-state index in [2.05, 4.69) is 24.9 Å². The van der Waals surface area contributed by atoms with Gasteiger partial charge < -0.3 is 9.47 Å². The maximum atomic E-state index is 11.4. The van der Waals surface area contributed by atoms with Crippen molar-refractivity contribution in [2.75, 3.05) is 7.11 Å². The third-order valence-corrected chi connectivity index (χ3v) is 2.86. The molecule has 0 amide bonds. The van der Waals surface area contributed by atoms with E-state index in [9.17, 15) is 4.79 Å². The zero-order valence-electron chi connectivity index (χ0n) is 11.7. The van der Waals surface area contributed by atoms with E-state index in [1.807, 2.05) is 30.3 Å². The van der Waals surface area contributed by atoms with E-state index >= 15 is 0 Å². The summed E-state index contributed by atoms with van der Waals surface area (Å²) in [5.74, 6) is 0.173. The van der Waals surface area contributed by atoms with Crippen molar-refractivity contribution < 1.29 is 14.3 Å². The van der Waals surface area contributed by atoms with Crippen molar-refractivity contribution in [2.45, 2.75) is 0 Å². The average Bonchev–Trinajstić information content (AvgIpc) is 3.06. The molecule has 0 unspecified atom stereocenters. The number of para-hydroxylation sites is 1. The number of aromatic nitrogens is 4. The maximum absolute atomic E-state index is 11.4. The highest BCUT2D eigenvalue weighted by Crippen LogP contribution is 2.20. The largest absolute Gasteiger partial charge is 0.464 e. The predicted octanol–water partition coefficient (Wildman–Crippen LogP) is 2.45. The van der Waals surface area contributed by atoms with Gasteiger partial charge in [0.1, 0.15) is 11.4 Å². The first-order valence-electron chi connectivity index (χ1n) is 6.45. The number of carbonyl (C=O) groups excluding carboxylic acids is 1. The van der Waals surface area contributed by atoms with Crippen molar-refractivity contribution in [3.8, 4) is 23.0 Å². The normalized spacial score (nSPS) is 10.2. The number of nitrogens with one attached hydrogen (secondary N) is 1. The van der Waals surface area contributed by atoms with Crippen LogP contribution < -0.4 is 4.74 Å². The van der Waals surface area contributed by atoms with E-state index in [1.54, 1.807) is 18.5 Å². The summed E-state index contributed by atoms with van der Waals surface area (Å²) in [6.45, 7) is 0. The molecule has 1 N–H and O–H groups in total. The van der Waals surface area contributed by atoms with Gasteiger partial charge in [-0.15, -0.1) is 0 Å². The summed E-state index contributed by atoms with van der Waals surface area (Å²) >= 11 is 0. The lowest BCUT2D eigenvalue weighted by atomic mass is 10.2. The molecule has 1 aromatic carbocycles. The fraction of sp³-hybridized carbons (Fsp3) is 0.0667. The molecule has 0 saturated heterocycles. The maximum Gasteiger partial charge on any atom is 0.356 e. The molecule has 0 fully saturated rings. The van der Waals surface area contributed by atoms with E-state index in [0.29, 0.717) is 17.0 Å². The number of nitrogens with zero attached hydrogens (tertiary/aromatic N) is 3. The van der Waals surface area contributed by atoms with Gasteiger partial charge in [-0.25, -0.2) is 14.8 Å². The van der Waals surface area contributed by atoms with Crippen molar-refractivity contribution in [3.05, 3.63) is 54.5 Å². The van der Waals surface area contributed by atoms with Crippen molar-refractivity contribution in [1.82, 2.24) is 20.2 Å². The van der Waals surface area contributed by atoms with E-state index in [1.165, 1.54) is 7.11 Å². The minimum absolute atomic E-state index is 0.235. The van der Waals surface area contributed by atoms with Crippen LogP contribution in [0.2, 0.25) is 0 Å². The Morgan fingerprint density at radius 1 is 1.14 bits per heavy atom. The Morgan fingerprint density at radius 2 is 1.86 bits per heavy atom. The molecule has 0 aliphatic carbocycles. The SMILES string of the molecule is COC(=O)c1cc(-c2cnc(Oc3ccccc3)nc2)n[nH]1. The molecule has 0 saturated carbocycles. The highest BCUT2D eigenvalue weighted by molar-refractivity contribution is 5.88. The predicted molar refractivity (Wildman–Crippen MR) is 77.5 cm³/mol. The number of esters is 1. The summed E-state index contributed by atoms with van der Waals surface area (Å²) in [6, 6.07) is 11.1. The molecule has 0 aliphatic heterocycles. The number of methoxy groups -OCH3 is 1. The third-order valence-electron chi connectivity index (χ3n) is 2.86. The Balaban J connectivity index is 1.76. The lowest BCUT2D eigenvalue weighted by Gasteiger charge is -2.03. The Kier molecular flexibility index (Phi) is 3.78. The Morgan fingerprint density at radius 3 is 2.55 bits per heavy atom. The van der Waals surface area contributed by atoms with Crippen molar-refractivity contribution in [3.63, 3.8) is 0 Å². The number of rotatable bonds is 4. The molecule has 3 aromatic rings. The molecule has 0 spiro atoms. The number of H-pyrrole nitrogens is 1. The average molecular weight is 296 g/mol. The summed E-state index contributed by atoms with van der Waals surface area (Å²) in [7, 11) is 1.31. The van der Waals surface area contributed by atoms with E-state index < -0.39 is 5.97 Å². The fourth-order valence-electron chi connectivity index (χ4n) is 1.78. The summed E-state index contributed by atoms with van der Waals surface area (Å²) < 4.78 is 10.1. The van der Waals surface area contributed by atoms with Gasteiger partial charge in [0.25, 0.3) is 0 Å². The second-order valence-electron chi connectivity index (χ2n) is 4.33. The topological polar surface area (TPSA) is 90.0 Å². The molecule has 22 heavy (non-hydrogen) atoms. The van der Waals surface area contributed by atoms with Crippen molar-refractivity contribution >= 4 is 5.97 Å². The van der Waals surface area contributed by atoms with Gasteiger partial charge in [-0.3, -0.25) is 5.10 Å². The van der Waals surface area contributed by atoms with Crippen LogP contribution in [0.4, 0.5) is 0 Å². The van der Waals surface area contributed by atoms with Gasteiger partial charge in [0.05, 0.1) is 12.8 Å². The van der Waals surface area contributed by atoms with Gasteiger partial charge in [0, 0.05) is 18.0 Å². The highest BCUT2D eigenvalue weighted by atomic mass is 16.5. The van der Waals surface area contributed by atoms with Crippen LogP contribution in [0.3, 0.4) is 0 Å². The minimum atomic E-state index is -0.483. The van der Waals surface area contributed by atoms with E-state index in [4.69, 9.17) is 4.74 Å². The second kappa shape index (κ2) is 6.04. The quantitative estimate of drug-likeness (QED) is 0.744. The molecular formula is C15H12N4O3. The number of aromatic amines is 1. The van der Waals surface area contributed by atoms with Crippen LogP contribution in [0.15, 0.2) is 48.8 Å². The number of hydrogen-bond acceptors (Lipinski definition) is 6. The van der Waals surface area contributed by atoms with Gasteiger partial charge in [-0.05, 0) is 18.2 Å². The monoisotopic (exact) mass is 296 g/mol. The minimum Gasteiger partial charge on any atom is -0.464 e. The van der Waals surface area contributed by atoms with Gasteiger partial charge in [0.15, 0.2) is 0 Å². The second-order valence-corrected chi connectivity index (χ2v) is 4.33. The third kappa shape index (κ3) is 2.93. The summed E-state index contributed by atoms with van der Waals surface area (Å²) in [5.41, 5.74) is 1.47. The molecule has 0 aliphatic rings. The molecule has 110 valence electrons. The van der Waals surface area contributed by atoms with Crippen LogP contribution in [-0.4, -0.2) is 33.2 Å². The van der Waals surface area contributed by atoms with E-state index in [-0.39, 0.29) is 11.7 Å².